The summed E-state index contributed by atoms with van der Waals surface area (Å²) in [6.07, 6.45) is 1.77. The maximum absolute atomic E-state index is 12.0. The summed E-state index contributed by atoms with van der Waals surface area (Å²) in [5.74, 6) is 0.104. The van der Waals surface area contributed by atoms with E-state index in [4.69, 9.17) is 5.73 Å². The van der Waals surface area contributed by atoms with Crippen molar-refractivity contribution in [3.8, 4) is 0 Å². The maximum atomic E-state index is 12.0. The Kier molecular flexibility index (Phi) is 5.38. The Balaban J connectivity index is 2.76. The summed E-state index contributed by atoms with van der Waals surface area (Å²) in [6.45, 7) is 6.36. The molecule has 3 N–H and O–H groups in total. The van der Waals surface area contributed by atoms with Crippen LogP contribution in [-0.4, -0.2) is 20.7 Å². The molecule has 0 bridgehead atoms. The minimum absolute atomic E-state index is 0.104. The summed E-state index contributed by atoms with van der Waals surface area (Å²) in [7, 11) is -3.30. The van der Waals surface area contributed by atoms with Crippen LogP contribution in [0.1, 0.15) is 32.8 Å². The molecule has 0 saturated heterocycles. The average molecular weight is 284 g/mol. The average Bonchev–Trinajstić information content (AvgIpc) is 2.22. The Bertz CT molecular complexity index is 504. The summed E-state index contributed by atoms with van der Waals surface area (Å²) in [5.41, 5.74) is 6.94. The zero-order chi connectivity index (χ0) is 14.5. The number of benzene rings is 1. The van der Waals surface area contributed by atoms with E-state index in [0.717, 1.165) is 18.4 Å². The SMILES string of the molecule is CC(C)(C)CS(=O)(=O)Nc1cccc(CCCN)c1. The van der Waals surface area contributed by atoms with Gasteiger partial charge < -0.3 is 5.73 Å². The number of sulfonamides is 1. The number of rotatable bonds is 6. The summed E-state index contributed by atoms with van der Waals surface area (Å²) in [6, 6.07) is 7.49. The number of aryl methyl sites for hydroxylation is 1. The van der Waals surface area contributed by atoms with E-state index in [9.17, 15) is 8.42 Å². The summed E-state index contributed by atoms with van der Waals surface area (Å²) >= 11 is 0. The predicted molar refractivity (Wildman–Crippen MR) is 80.7 cm³/mol. The highest BCUT2D eigenvalue weighted by molar-refractivity contribution is 7.92. The van der Waals surface area contributed by atoms with Crippen LogP contribution < -0.4 is 10.5 Å². The van der Waals surface area contributed by atoms with Gasteiger partial charge in [-0.1, -0.05) is 32.9 Å². The van der Waals surface area contributed by atoms with E-state index < -0.39 is 10.0 Å². The highest BCUT2D eigenvalue weighted by Crippen LogP contribution is 2.19. The molecule has 19 heavy (non-hydrogen) atoms. The molecule has 0 spiro atoms. The van der Waals surface area contributed by atoms with Crippen LogP contribution in [0.2, 0.25) is 0 Å². The molecule has 1 aromatic rings. The molecular weight excluding hydrogens is 260 g/mol. The second kappa shape index (κ2) is 6.39. The van der Waals surface area contributed by atoms with E-state index in [-0.39, 0.29) is 11.2 Å². The van der Waals surface area contributed by atoms with Crippen LogP contribution in [0.4, 0.5) is 5.69 Å². The molecule has 0 atom stereocenters. The molecule has 0 aliphatic heterocycles. The quantitative estimate of drug-likeness (QED) is 0.842. The van der Waals surface area contributed by atoms with Crippen LogP contribution in [0.3, 0.4) is 0 Å². The molecule has 0 saturated carbocycles. The molecule has 0 aliphatic carbocycles. The highest BCUT2D eigenvalue weighted by atomic mass is 32.2. The van der Waals surface area contributed by atoms with Crippen molar-refractivity contribution in [2.24, 2.45) is 11.1 Å². The van der Waals surface area contributed by atoms with Gasteiger partial charge in [0.25, 0.3) is 0 Å². The van der Waals surface area contributed by atoms with Crippen molar-refractivity contribution in [3.05, 3.63) is 29.8 Å². The van der Waals surface area contributed by atoms with Crippen molar-refractivity contribution in [1.29, 1.82) is 0 Å². The number of hydrogen-bond acceptors (Lipinski definition) is 3. The predicted octanol–water partition coefficient (Wildman–Crippen LogP) is 2.37. The van der Waals surface area contributed by atoms with Gasteiger partial charge in [-0.3, -0.25) is 4.72 Å². The lowest BCUT2D eigenvalue weighted by Gasteiger charge is -2.19. The smallest absolute Gasteiger partial charge is 0.233 e. The lowest BCUT2D eigenvalue weighted by Crippen LogP contribution is -2.26. The number of nitrogens with one attached hydrogen (secondary N) is 1. The van der Waals surface area contributed by atoms with Crippen LogP contribution in [0.5, 0.6) is 0 Å². The van der Waals surface area contributed by atoms with Crippen molar-refractivity contribution in [3.63, 3.8) is 0 Å². The van der Waals surface area contributed by atoms with Gasteiger partial charge in [0.1, 0.15) is 0 Å². The van der Waals surface area contributed by atoms with Gasteiger partial charge in [-0.05, 0) is 42.5 Å². The monoisotopic (exact) mass is 284 g/mol. The normalized spacial score (nSPS) is 12.4. The first-order valence-corrected chi connectivity index (χ1v) is 8.17. The summed E-state index contributed by atoms with van der Waals surface area (Å²) < 4.78 is 26.7. The van der Waals surface area contributed by atoms with Gasteiger partial charge in [-0.25, -0.2) is 8.42 Å². The number of nitrogens with two attached hydrogens (primary N) is 1. The summed E-state index contributed by atoms with van der Waals surface area (Å²) in [5, 5.41) is 0. The van der Waals surface area contributed by atoms with Crippen LogP contribution in [-0.2, 0) is 16.4 Å². The largest absolute Gasteiger partial charge is 0.330 e. The first kappa shape index (κ1) is 16.0. The molecule has 0 heterocycles. The molecule has 0 fully saturated rings. The minimum atomic E-state index is -3.30. The van der Waals surface area contributed by atoms with E-state index >= 15 is 0 Å². The molecule has 108 valence electrons. The highest BCUT2D eigenvalue weighted by Gasteiger charge is 2.21. The molecule has 0 unspecified atom stereocenters. The van der Waals surface area contributed by atoms with Crippen molar-refractivity contribution in [1.82, 2.24) is 0 Å². The van der Waals surface area contributed by atoms with Crippen molar-refractivity contribution in [2.75, 3.05) is 17.0 Å². The van der Waals surface area contributed by atoms with Gasteiger partial charge in [-0.15, -0.1) is 0 Å². The van der Waals surface area contributed by atoms with E-state index in [2.05, 4.69) is 4.72 Å². The Morgan fingerprint density at radius 2 is 1.95 bits per heavy atom. The van der Waals surface area contributed by atoms with Gasteiger partial charge in [0.2, 0.25) is 10.0 Å². The third-order valence-electron chi connectivity index (χ3n) is 2.49. The van der Waals surface area contributed by atoms with Gasteiger partial charge in [0.05, 0.1) is 5.75 Å². The molecule has 1 rings (SSSR count). The molecule has 4 nitrogen and oxygen atoms in total. The van der Waals surface area contributed by atoms with Crippen LogP contribution in [0.25, 0.3) is 0 Å². The lowest BCUT2D eigenvalue weighted by atomic mass is 10.0. The molecule has 0 aliphatic rings. The van der Waals surface area contributed by atoms with Crippen LogP contribution in [0.15, 0.2) is 24.3 Å². The second-order valence-electron chi connectivity index (χ2n) is 6.01. The summed E-state index contributed by atoms with van der Waals surface area (Å²) in [4.78, 5) is 0. The lowest BCUT2D eigenvalue weighted by molar-refractivity contribution is 0.463. The number of anilines is 1. The van der Waals surface area contributed by atoms with Crippen molar-refractivity contribution < 1.29 is 8.42 Å². The zero-order valence-corrected chi connectivity index (χ0v) is 12.8. The van der Waals surface area contributed by atoms with Crippen LogP contribution in [0, 0.1) is 5.41 Å². The fraction of sp³-hybridized carbons (Fsp3) is 0.571. The molecular formula is C14H24N2O2S. The van der Waals surface area contributed by atoms with E-state index in [1.165, 1.54) is 0 Å². The fourth-order valence-electron chi connectivity index (χ4n) is 1.88. The molecule has 5 heteroatoms. The van der Waals surface area contributed by atoms with Crippen molar-refractivity contribution in [2.45, 2.75) is 33.6 Å². The topological polar surface area (TPSA) is 72.2 Å². The Morgan fingerprint density at radius 3 is 2.53 bits per heavy atom. The van der Waals surface area contributed by atoms with Gasteiger partial charge >= 0.3 is 0 Å². The van der Waals surface area contributed by atoms with Gasteiger partial charge in [0, 0.05) is 5.69 Å². The minimum Gasteiger partial charge on any atom is -0.330 e. The van der Waals surface area contributed by atoms with Crippen LogP contribution >= 0.6 is 0 Å². The van der Waals surface area contributed by atoms with Crippen molar-refractivity contribution >= 4 is 15.7 Å². The third kappa shape index (κ3) is 6.59. The van der Waals surface area contributed by atoms with Gasteiger partial charge in [-0.2, -0.15) is 0 Å². The standard InChI is InChI=1S/C14H24N2O2S/c1-14(2,3)11-19(17,18)16-13-8-4-6-12(10-13)7-5-9-15/h4,6,8,10,16H,5,7,9,11,15H2,1-3H3. The van der Waals surface area contributed by atoms with E-state index in [1.54, 1.807) is 6.07 Å². The molecule has 0 amide bonds. The van der Waals surface area contributed by atoms with E-state index in [0.29, 0.717) is 12.2 Å². The first-order chi connectivity index (χ1) is 8.72. The number of hydrogen-bond donors (Lipinski definition) is 2. The Morgan fingerprint density at radius 1 is 1.26 bits per heavy atom. The molecule has 0 aromatic heterocycles. The Labute approximate surface area is 116 Å². The second-order valence-corrected chi connectivity index (χ2v) is 7.74. The van der Waals surface area contributed by atoms with Gasteiger partial charge in [0.15, 0.2) is 0 Å². The first-order valence-electron chi connectivity index (χ1n) is 6.51. The molecule has 0 radical (unpaired) electrons. The molecule has 1 aromatic carbocycles. The van der Waals surface area contributed by atoms with E-state index in [1.807, 2.05) is 39.0 Å². The fourth-order valence-corrected chi connectivity index (χ4v) is 3.58. The third-order valence-corrected chi connectivity index (χ3v) is 4.29. The Hall–Kier alpha value is -1.07. The zero-order valence-electron chi connectivity index (χ0n) is 11.9. The maximum Gasteiger partial charge on any atom is 0.233 e.